The number of aromatic amines is 1. The third-order valence-electron chi connectivity index (χ3n) is 4.38. The van der Waals surface area contributed by atoms with Crippen molar-refractivity contribution in [2.45, 2.75) is 31.5 Å². The lowest BCUT2D eigenvalue weighted by molar-refractivity contribution is -0.118. The summed E-state index contributed by atoms with van der Waals surface area (Å²) < 4.78 is 19.4. The van der Waals surface area contributed by atoms with Crippen LogP contribution in [0.4, 0.5) is 4.39 Å². The van der Waals surface area contributed by atoms with Crippen molar-refractivity contribution in [2.24, 2.45) is 7.05 Å². The minimum absolute atomic E-state index is 0.0857. The van der Waals surface area contributed by atoms with Crippen LogP contribution in [0.15, 0.2) is 43.5 Å². The third-order valence-corrected chi connectivity index (χ3v) is 5.20. The monoisotopic (exact) mass is 433 g/mol. The molecule has 0 bridgehead atoms. The quantitative estimate of drug-likeness (QED) is 0.510. The van der Waals surface area contributed by atoms with E-state index in [0.717, 1.165) is 21.9 Å². The molecule has 0 saturated carbocycles. The molecule has 0 aliphatic carbocycles. The van der Waals surface area contributed by atoms with Gasteiger partial charge in [-0.2, -0.15) is 0 Å². The number of halogens is 1. The normalized spacial score (nSPS) is 10.9. The largest absolute Gasteiger partial charge is 0.416 e. The zero-order valence-electron chi connectivity index (χ0n) is 16.4. The highest BCUT2D eigenvalue weighted by atomic mass is 32.2. The molecule has 1 amide bonds. The number of hydrogen-bond acceptors (Lipinski definition) is 7. The third kappa shape index (κ3) is 5.44. The maximum absolute atomic E-state index is 12.9. The average Bonchev–Trinajstić information content (AvgIpc) is 3.18. The van der Waals surface area contributed by atoms with Crippen LogP contribution in [0, 0.1) is 12.7 Å². The second-order valence-corrected chi connectivity index (χ2v) is 7.48. The van der Waals surface area contributed by atoms with Gasteiger partial charge >= 0.3 is 5.69 Å². The van der Waals surface area contributed by atoms with Crippen LogP contribution in [0.3, 0.4) is 0 Å². The van der Waals surface area contributed by atoms with Crippen molar-refractivity contribution in [3.8, 4) is 0 Å². The Balaban J connectivity index is 1.49. The van der Waals surface area contributed by atoms with Gasteiger partial charge in [0.1, 0.15) is 5.82 Å². The zero-order valence-corrected chi connectivity index (χ0v) is 17.2. The second kappa shape index (κ2) is 9.53. The highest BCUT2D eigenvalue weighted by molar-refractivity contribution is 7.99. The maximum Gasteiger partial charge on any atom is 0.328 e. The van der Waals surface area contributed by atoms with E-state index < -0.39 is 5.69 Å². The molecule has 0 spiro atoms. The van der Waals surface area contributed by atoms with Crippen LogP contribution in [0.1, 0.15) is 22.7 Å². The van der Waals surface area contributed by atoms with E-state index >= 15 is 0 Å². The van der Waals surface area contributed by atoms with Crippen LogP contribution in [0.2, 0.25) is 0 Å². The lowest BCUT2D eigenvalue weighted by atomic mass is 10.1. The number of thioether (sulfide) groups is 1. The molecule has 0 atom stereocenters. The number of benzene rings is 1. The number of carbonyl (C=O) groups is 1. The first-order valence-electron chi connectivity index (χ1n) is 9.08. The van der Waals surface area contributed by atoms with Gasteiger partial charge in [-0.1, -0.05) is 23.9 Å². The fraction of sp³-hybridized carbons (Fsp3) is 0.316. The van der Waals surface area contributed by atoms with Gasteiger partial charge in [0.2, 0.25) is 11.8 Å². The molecule has 2 N–H and O–H groups in total. The Labute approximate surface area is 174 Å². The molecule has 0 aliphatic heterocycles. The molecule has 0 aliphatic rings. The van der Waals surface area contributed by atoms with E-state index in [-0.39, 0.29) is 28.3 Å². The Morgan fingerprint density at radius 2 is 1.97 bits per heavy atom. The van der Waals surface area contributed by atoms with Crippen molar-refractivity contribution < 1.29 is 13.6 Å². The van der Waals surface area contributed by atoms with Gasteiger partial charge in [-0.3, -0.25) is 14.2 Å². The highest BCUT2D eigenvalue weighted by Gasteiger charge is 2.13. The summed E-state index contributed by atoms with van der Waals surface area (Å²) in [4.78, 5) is 38.3. The van der Waals surface area contributed by atoms with E-state index in [2.05, 4.69) is 20.5 Å². The number of amides is 1. The highest BCUT2D eigenvalue weighted by Crippen LogP contribution is 2.16. The van der Waals surface area contributed by atoms with Crippen molar-refractivity contribution in [1.29, 1.82) is 0 Å². The van der Waals surface area contributed by atoms with Crippen molar-refractivity contribution in [1.82, 2.24) is 25.1 Å². The summed E-state index contributed by atoms with van der Waals surface area (Å²) in [5, 5.41) is 10.8. The smallest absolute Gasteiger partial charge is 0.328 e. The summed E-state index contributed by atoms with van der Waals surface area (Å²) in [5.74, 6) is -0.139. The molecule has 1 aromatic carbocycles. The van der Waals surface area contributed by atoms with Crippen molar-refractivity contribution in [3.63, 3.8) is 0 Å². The molecule has 3 aromatic rings. The summed E-state index contributed by atoms with van der Waals surface area (Å²) in [7, 11) is 1.41. The Hall–Kier alpha value is -3.21. The van der Waals surface area contributed by atoms with E-state index in [1.165, 1.54) is 19.2 Å². The molecule has 0 radical (unpaired) electrons. The van der Waals surface area contributed by atoms with Crippen LogP contribution >= 0.6 is 11.8 Å². The van der Waals surface area contributed by atoms with Crippen molar-refractivity contribution in [2.75, 3.05) is 5.75 Å². The average molecular weight is 433 g/mol. The molecule has 158 valence electrons. The molecular weight excluding hydrogens is 413 g/mol. The first-order valence-corrected chi connectivity index (χ1v) is 10.1. The van der Waals surface area contributed by atoms with E-state index in [0.29, 0.717) is 36.5 Å². The van der Waals surface area contributed by atoms with Crippen molar-refractivity contribution in [3.05, 3.63) is 73.6 Å². The Bertz CT molecular complexity index is 1150. The summed E-state index contributed by atoms with van der Waals surface area (Å²) in [6, 6.07) is 5.87. The molecule has 2 aromatic heterocycles. The number of rotatable bonds is 8. The molecule has 11 heteroatoms. The minimum Gasteiger partial charge on any atom is -0.416 e. The van der Waals surface area contributed by atoms with Crippen LogP contribution in [0.25, 0.3) is 0 Å². The Morgan fingerprint density at radius 3 is 2.70 bits per heavy atom. The molecular formula is C19H20FN5O4S. The SMILES string of the molecule is Cc1[nH]c(=O)n(C)c(=O)c1CCc1nnc(SCC(=O)NCc2ccc(F)cc2)o1. The van der Waals surface area contributed by atoms with Crippen LogP contribution < -0.4 is 16.6 Å². The number of carbonyl (C=O) groups excluding carboxylic acids is 1. The molecule has 0 unspecified atom stereocenters. The summed E-state index contributed by atoms with van der Waals surface area (Å²) >= 11 is 1.09. The van der Waals surface area contributed by atoms with Gasteiger partial charge in [0, 0.05) is 31.3 Å². The van der Waals surface area contributed by atoms with Gasteiger partial charge in [-0.15, -0.1) is 10.2 Å². The summed E-state index contributed by atoms with van der Waals surface area (Å²) in [6.07, 6.45) is 0.659. The van der Waals surface area contributed by atoms with E-state index in [1.54, 1.807) is 19.1 Å². The number of nitrogens with one attached hydrogen (secondary N) is 2. The molecule has 0 fully saturated rings. The number of aromatic nitrogens is 4. The standard InChI is InChI=1S/C19H20FN5O4S/c1-11-14(17(27)25(2)18(28)22-11)7-8-16-23-24-19(29-16)30-10-15(26)21-9-12-3-5-13(20)6-4-12/h3-6H,7-10H2,1-2H3,(H,21,26)(H,22,28). The summed E-state index contributed by atoms with van der Waals surface area (Å²) in [6.45, 7) is 1.96. The van der Waals surface area contributed by atoms with Gasteiger partial charge in [-0.05, 0) is 31.0 Å². The minimum atomic E-state index is -0.463. The fourth-order valence-corrected chi connectivity index (χ4v) is 3.29. The lowest BCUT2D eigenvalue weighted by Gasteiger charge is -2.05. The fourth-order valence-electron chi connectivity index (χ4n) is 2.68. The van der Waals surface area contributed by atoms with Gasteiger partial charge < -0.3 is 14.7 Å². The molecule has 2 heterocycles. The first-order chi connectivity index (χ1) is 14.3. The second-order valence-electron chi connectivity index (χ2n) is 6.55. The van der Waals surface area contributed by atoms with Gasteiger partial charge in [0.15, 0.2) is 0 Å². The number of hydrogen-bond donors (Lipinski definition) is 2. The Kier molecular flexibility index (Phi) is 6.83. The van der Waals surface area contributed by atoms with Crippen LogP contribution in [-0.2, 0) is 31.2 Å². The Morgan fingerprint density at radius 1 is 1.23 bits per heavy atom. The molecule has 9 nitrogen and oxygen atoms in total. The number of nitrogens with zero attached hydrogens (tertiary/aromatic N) is 3. The van der Waals surface area contributed by atoms with E-state index in [1.807, 2.05) is 0 Å². The van der Waals surface area contributed by atoms with Gasteiger partial charge in [0.25, 0.3) is 10.8 Å². The molecule has 3 rings (SSSR count). The van der Waals surface area contributed by atoms with E-state index in [4.69, 9.17) is 4.42 Å². The van der Waals surface area contributed by atoms with E-state index in [9.17, 15) is 18.8 Å². The molecule has 0 saturated heterocycles. The van der Waals surface area contributed by atoms with Crippen LogP contribution in [0.5, 0.6) is 0 Å². The molecule has 30 heavy (non-hydrogen) atoms. The topological polar surface area (TPSA) is 123 Å². The zero-order chi connectivity index (χ0) is 21.7. The van der Waals surface area contributed by atoms with Crippen LogP contribution in [-0.4, -0.2) is 31.4 Å². The number of aryl methyl sites for hydroxylation is 2. The number of H-pyrrole nitrogens is 1. The van der Waals surface area contributed by atoms with Crippen molar-refractivity contribution >= 4 is 17.7 Å². The van der Waals surface area contributed by atoms with Gasteiger partial charge in [-0.25, -0.2) is 9.18 Å². The summed E-state index contributed by atoms with van der Waals surface area (Å²) in [5.41, 5.74) is 0.955. The lowest BCUT2D eigenvalue weighted by Crippen LogP contribution is -2.36. The predicted octanol–water partition coefficient (Wildman–Crippen LogP) is 1.10. The maximum atomic E-state index is 12.9. The van der Waals surface area contributed by atoms with Gasteiger partial charge in [0.05, 0.1) is 5.75 Å². The predicted molar refractivity (Wildman–Crippen MR) is 108 cm³/mol. The first kappa shape index (κ1) is 21.5.